The molecular weight excluding hydrogens is 256 g/mol. The molecule has 0 aliphatic carbocycles. The highest BCUT2D eigenvalue weighted by Gasteiger charge is 2.14. The molecule has 1 amide bonds. The van der Waals surface area contributed by atoms with Crippen LogP contribution < -0.4 is 5.32 Å². The normalized spacial score (nSPS) is 11.6. The van der Waals surface area contributed by atoms with E-state index in [4.69, 9.17) is 4.74 Å². The summed E-state index contributed by atoms with van der Waals surface area (Å²) in [5.41, 5.74) is 0.925. The lowest BCUT2D eigenvalue weighted by molar-refractivity contribution is 0.134. The Balaban J connectivity index is 2.42. The number of carbonyl (C=O) groups is 1. The van der Waals surface area contributed by atoms with Crippen molar-refractivity contribution in [1.82, 2.24) is 5.32 Å². The number of hydrogen-bond acceptors (Lipinski definition) is 4. The summed E-state index contributed by atoms with van der Waals surface area (Å²) in [6.07, 6.45) is 1.71. The number of aliphatic imine (C=N–C) groups is 1. The molecule has 20 heavy (non-hydrogen) atoms. The first-order valence-electron chi connectivity index (χ1n) is 6.62. The number of amides is 1. The average molecular weight is 276 g/mol. The second kappa shape index (κ2) is 8.88. The highest BCUT2D eigenvalue weighted by molar-refractivity contribution is 5.67. The van der Waals surface area contributed by atoms with Crippen LogP contribution in [0.3, 0.4) is 0 Å². The summed E-state index contributed by atoms with van der Waals surface area (Å²) in [6.45, 7) is 4.52. The second-order valence-electron chi connectivity index (χ2n) is 4.96. The molecule has 1 aromatic carbocycles. The molecule has 0 spiro atoms. The number of alkyl carbamates (subject to hydrolysis) is 1. The molecule has 0 fully saturated rings. The van der Waals surface area contributed by atoms with Gasteiger partial charge in [0.05, 0.1) is 12.6 Å². The smallest absolute Gasteiger partial charge is 0.407 e. The predicted molar refractivity (Wildman–Crippen MR) is 76.0 cm³/mol. The maximum Gasteiger partial charge on any atom is 0.407 e. The quantitative estimate of drug-likeness (QED) is 0.615. The van der Waals surface area contributed by atoms with E-state index in [1.807, 2.05) is 44.2 Å². The second-order valence-corrected chi connectivity index (χ2v) is 4.96. The van der Waals surface area contributed by atoms with E-state index in [0.717, 1.165) is 12.0 Å². The minimum atomic E-state index is -0.499. The zero-order valence-electron chi connectivity index (χ0n) is 11.8. The van der Waals surface area contributed by atoms with Crippen LogP contribution in [0.25, 0.3) is 0 Å². The summed E-state index contributed by atoms with van der Waals surface area (Å²) in [5.74, 6) is 0.385. The topological polar surface area (TPSA) is 67.8 Å². The fraction of sp³-hybridized carbons (Fsp3) is 0.467. The molecule has 1 rings (SSSR count). The molecule has 0 aliphatic heterocycles. The molecule has 108 valence electrons. The van der Waals surface area contributed by atoms with Gasteiger partial charge in [0.15, 0.2) is 0 Å². The van der Waals surface area contributed by atoms with E-state index in [1.165, 1.54) is 6.08 Å². The third kappa shape index (κ3) is 6.71. The predicted octanol–water partition coefficient (Wildman–Crippen LogP) is 2.66. The fourth-order valence-corrected chi connectivity index (χ4v) is 1.83. The Morgan fingerprint density at radius 1 is 1.35 bits per heavy atom. The third-order valence-corrected chi connectivity index (χ3v) is 2.67. The van der Waals surface area contributed by atoms with Crippen LogP contribution in [0.15, 0.2) is 35.3 Å². The minimum absolute atomic E-state index is 0.209. The van der Waals surface area contributed by atoms with Gasteiger partial charge in [-0.3, -0.25) is 0 Å². The standard InChI is InChI=1S/C15H20N2O3/c1-12(2)8-14(9-16-11-18)17-15(19)20-10-13-6-4-3-5-7-13/h3-7,12,14H,8-10H2,1-2H3,(H,17,19). The highest BCUT2D eigenvalue weighted by Crippen LogP contribution is 2.06. The van der Waals surface area contributed by atoms with Gasteiger partial charge in [0.2, 0.25) is 6.08 Å². The Morgan fingerprint density at radius 3 is 2.65 bits per heavy atom. The van der Waals surface area contributed by atoms with Gasteiger partial charge in [-0.05, 0) is 17.9 Å². The zero-order valence-corrected chi connectivity index (χ0v) is 11.8. The summed E-state index contributed by atoms with van der Waals surface area (Å²) >= 11 is 0. The monoisotopic (exact) mass is 276 g/mol. The highest BCUT2D eigenvalue weighted by atomic mass is 16.5. The molecule has 0 saturated carbocycles. The van der Waals surface area contributed by atoms with E-state index in [9.17, 15) is 9.59 Å². The van der Waals surface area contributed by atoms with Crippen molar-refractivity contribution in [2.75, 3.05) is 6.54 Å². The molecule has 5 heteroatoms. The molecule has 1 aromatic rings. The first kappa shape index (κ1) is 15.9. The van der Waals surface area contributed by atoms with Crippen molar-refractivity contribution in [3.63, 3.8) is 0 Å². The molecule has 5 nitrogen and oxygen atoms in total. The van der Waals surface area contributed by atoms with Gasteiger partial charge in [0.25, 0.3) is 0 Å². The van der Waals surface area contributed by atoms with Gasteiger partial charge in [0, 0.05) is 0 Å². The lowest BCUT2D eigenvalue weighted by atomic mass is 10.0. The van der Waals surface area contributed by atoms with Crippen LogP contribution in [0.1, 0.15) is 25.8 Å². The molecule has 0 saturated heterocycles. The molecule has 0 radical (unpaired) electrons. The molecule has 0 bridgehead atoms. The number of rotatable bonds is 7. The van der Waals surface area contributed by atoms with E-state index in [2.05, 4.69) is 10.3 Å². The zero-order chi connectivity index (χ0) is 14.8. The van der Waals surface area contributed by atoms with Crippen LogP contribution in [0.5, 0.6) is 0 Å². The molecule has 0 aromatic heterocycles. The molecule has 0 aliphatic rings. The summed E-state index contributed by atoms with van der Waals surface area (Å²) in [4.78, 5) is 25.4. The summed E-state index contributed by atoms with van der Waals surface area (Å²) in [7, 11) is 0. The SMILES string of the molecule is CC(C)CC(CN=C=O)NC(=O)OCc1ccccc1. The van der Waals surface area contributed by atoms with Crippen molar-refractivity contribution in [3.05, 3.63) is 35.9 Å². The summed E-state index contributed by atoms with van der Waals surface area (Å²) < 4.78 is 5.13. The van der Waals surface area contributed by atoms with Crippen molar-refractivity contribution in [1.29, 1.82) is 0 Å². The Hall–Kier alpha value is -2.13. The number of nitrogens with zero attached hydrogens (tertiary/aromatic N) is 1. The average Bonchev–Trinajstić information content (AvgIpc) is 2.43. The van der Waals surface area contributed by atoms with Gasteiger partial charge in [-0.1, -0.05) is 44.2 Å². The lowest BCUT2D eigenvalue weighted by Crippen LogP contribution is -2.38. The van der Waals surface area contributed by atoms with Crippen LogP contribution in [-0.2, 0) is 16.1 Å². The summed E-state index contributed by atoms with van der Waals surface area (Å²) in [5, 5.41) is 2.72. The van der Waals surface area contributed by atoms with Crippen LogP contribution in [0.2, 0.25) is 0 Å². The fourth-order valence-electron chi connectivity index (χ4n) is 1.83. The van der Waals surface area contributed by atoms with E-state index in [-0.39, 0.29) is 19.2 Å². The summed E-state index contributed by atoms with van der Waals surface area (Å²) in [6, 6.07) is 9.23. The number of carbonyl (C=O) groups excluding carboxylic acids is 2. The van der Waals surface area contributed by atoms with E-state index in [1.54, 1.807) is 0 Å². The van der Waals surface area contributed by atoms with Crippen molar-refractivity contribution in [3.8, 4) is 0 Å². The first-order chi connectivity index (χ1) is 9.61. The van der Waals surface area contributed by atoms with Crippen molar-refractivity contribution in [2.45, 2.75) is 32.9 Å². The molecular formula is C15H20N2O3. The van der Waals surface area contributed by atoms with E-state index >= 15 is 0 Å². The van der Waals surface area contributed by atoms with Gasteiger partial charge >= 0.3 is 6.09 Å². The number of nitrogens with one attached hydrogen (secondary N) is 1. The van der Waals surface area contributed by atoms with Crippen molar-refractivity contribution >= 4 is 12.2 Å². The Kier molecular flexibility index (Phi) is 7.07. The molecule has 1 atom stereocenters. The number of hydrogen-bond donors (Lipinski definition) is 1. The maximum atomic E-state index is 11.7. The van der Waals surface area contributed by atoms with Gasteiger partial charge in [-0.15, -0.1) is 0 Å². The van der Waals surface area contributed by atoms with Crippen LogP contribution in [0, 0.1) is 5.92 Å². The third-order valence-electron chi connectivity index (χ3n) is 2.67. The van der Waals surface area contributed by atoms with Gasteiger partial charge in [0.1, 0.15) is 6.61 Å². The van der Waals surface area contributed by atoms with Crippen LogP contribution in [0.4, 0.5) is 4.79 Å². The Morgan fingerprint density at radius 2 is 2.05 bits per heavy atom. The molecule has 1 N–H and O–H groups in total. The first-order valence-corrected chi connectivity index (χ1v) is 6.62. The van der Waals surface area contributed by atoms with E-state index in [0.29, 0.717) is 5.92 Å². The van der Waals surface area contributed by atoms with Gasteiger partial charge in [-0.25, -0.2) is 14.6 Å². The Labute approximate surface area is 119 Å². The number of benzene rings is 1. The van der Waals surface area contributed by atoms with Crippen LogP contribution in [-0.4, -0.2) is 24.8 Å². The van der Waals surface area contributed by atoms with Gasteiger partial charge in [-0.2, -0.15) is 0 Å². The maximum absolute atomic E-state index is 11.7. The van der Waals surface area contributed by atoms with Crippen molar-refractivity contribution < 1.29 is 14.3 Å². The number of isocyanates is 1. The molecule has 1 unspecified atom stereocenters. The van der Waals surface area contributed by atoms with E-state index < -0.39 is 6.09 Å². The lowest BCUT2D eigenvalue weighted by Gasteiger charge is -2.18. The number of ether oxygens (including phenoxy) is 1. The van der Waals surface area contributed by atoms with Crippen LogP contribution >= 0.6 is 0 Å². The Bertz CT molecular complexity index is 453. The molecule has 0 heterocycles. The largest absolute Gasteiger partial charge is 0.445 e. The minimum Gasteiger partial charge on any atom is -0.445 e. The van der Waals surface area contributed by atoms with Crippen molar-refractivity contribution in [2.24, 2.45) is 10.9 Å². The van der Waals surface area contributed by atoms with Gasteiger partial charge < -0.3 is 10.1 Å².